The second-order valence-corrected chi connectivity index (χ2v) is 5.92. The Morgan fingerprint density at radius 3 is 2.62 bits per heavy atom. The number of fused-ring (bicyclic) bond motifs is 1. The van der Waals surface area contributed by atoms with Crippen LogP contribution in [-0.2, 0) is 19.1 Å². The molecule has 0 spiro atoms. The molecule has 0 radical (unpaired) electrons. The van der Waals surface area contributed by atoms with Gasteiger partial charge in [-0.2, -0.15) is 0 Å². The first-order valence-electron chi connectivity index (χ1n) is 7.67. The molecule has 24 heavy (non-hydrogen) atoms. The van der Waals surface area contributed by atoms with E-state index in [0.29, 0.717) is 23.6 Å². The minimum absolute atomic E-state index is 0.0156. The summed E-state index contributed by atoms with van der Waals surface area (Å²) < 4.78 is 12.2. The van der Waals surface area contributed by atoms with E-state index in [9.17, 15) is 9.59 Å². The first-order valence-corrected chi connectivity index (χ1v) is 7.67. The third-order valence-electron chi connectivity index (χ3n) is 4.37. The zero-order valence-corrected chi connectivity index (χ0v) is 13.5. The molecular formula is C15H19N5O4. The molecule has 0 saturated heterocycles. The molecule has 1 fully saturated rings. The number of nitrogen functional groups attached to an aromatic ring is 1. The Morgan fingerprint density at radius 1 is 1.21 bits per heavy atom. The van der Waals surface area contributed by atoms with Gasteiger partial charge in [-0.05, 0) is 6.42 Å². The van der Waals surface area contributed by atoms with Gasteiger partial charge in [0.2, 0.25) is 0 Å². The lowest BCUT2D eigenvalue weighted by molar-refractivity contribution is -0.152. The van der Waals surface area contributed by atoms with Crippen molar-refractivity contribution in [3.63, 3.8) is 0 Å². The van der Waals surface area contributed by atoms with E-state index in [0.717, 1.165) is 6.42 Å². The normalized spacial score (nSPS) is 22.8. The summed E-state index contributed by atoms with van der Waals surface area (Å²) in [5, 5.41) is 0. The summed E-state index contributed by atoms with van der Waals surface area (Å²) in [5.74, 6) is -0.199. The zero-order chi connectivity index (χ0) is 17.3. The molecule has 2 aromatic heterocycles. The van der Waals surface area contributed by atoms with Gasteiger partial charge in [-0.1, -0.05) is 0 Å². The molecule has 2 aromatic rings. The minimum Gasteiger partial charge on any atom is -0.466 e. The fraction of sp³-hybridized carbons (Fsp3) is 0.533. The molecule has 3 rings (SSSR count). The number of nitrogens with zero attached hydrogens (tertiary/aromatic N) is 4. The van der Waals surface area contributed by atoms with Crippen LogP contribution in [0.15, 0.2) is 12.7 Å². The van der Waals surface area contributed by atoms with Gasteiger partial charge in [0.25, 0.3) is 0 Å². The molecule has 128 valence electrons. The predicted octanol–water partition coefficient (Wildman–Crippen LogP) is 0.712. The van der Waals surface area contributed by atoms with Gasteiger partial charge < -0.3 is 19.8 Å². The third-order valence-corrected chi connectivity index (χ3v) is 4.37. The molecule has 1 saturated carbocycles. The second kappa shape index (κ2) is 6.42. The van der Waals surface area contributed by atoms with Crippen molar-refractivity contribution >= 4 is 28.9 Å². The highest BCUT2D eigenvalue weighted by atomic mass is 16.5. The van der Waals surface area contributed by atoms with Gasteiger partial charge in [-0.25, -0.2) is 15.0 Å². The van der Waals surface area contributed by atoms with Crippen LogP contribution < -0.4 is 5.73 Å². The van der Waals surface area contributed by atoms with Crippen LogP contribution in [0.25, 0.3) is 11.2 Å². The molecular weight excluding hydrogens is 314 g/mol. The fourth-order valence-corrected chi connectivity index (χ4v) is 3.09. The summed E-state index contributed by atoms with van der Waals surface area (Å²) in [6.07, 6.45) is 3.84. The summed E-state index contributed by atoms with van der Waals surface area (Å²) in [7, 11) is 0. The lowest BCUT2D eigenvalue weighted by atomic mass is 9.69. The lowest BCUT2D eigenvalue weighted by Gasteiger charge is -2.44. The van der Waals surface area contributed by atoms with Gasteiger partial charge in [0.15, 0.2) is 11.5 Å². The van der Waals surface area contributed by atoms with Crippen LogP contribution in [0.2, 0.25) is 0 Å². The van der Waals surface area contributed by atoms with Crippen LogP contribution in [0, 0.1) is 11.8 Å². The maximum atomic E-state index is 11.1. The van der Waals surface area contributed by atoms with Gasteiger partial charge in [-0.3, -0.25) is 9.59 Å². The van der Waals surface area contributed by atoms with Crippen LogP contribution in [-0.4, -0.2) is 44.7 Å². The number of rotatable bonds is 5. The predicted molar refractivity (Wildman–Crippen MR) is 83.6 cm³/mol. The molecule has 9 nitrogen and oxygen atoms in total. The molecule has 1 aliphatic carbocycles. The average molecular weight is 333 g/mol. The number of nitrogens with two attached hydrogens (primary N) is 1. The van der Waals surface area contributed by atoms with Crippen LogP contribution >= 0.6 is 0 Å². The quantitative estimate of drug-likeness (QED) is 0.794. The summed E-state index contributed by atoms with van der Waals surface area (Å²) in [4.78, 5) is 34.6. The van der Waals surface area contributed by atoms with Crippen molar-refractivity contribution in [3.8, 4) is 0 Å². The molecule has 2 N–H and O–H groups in total. The van der Waals surface area contributed by atoms with Crippen LogP contribution in [0.3, 0.4) is 0 Å². The average Bonchev–Trinajstić information content (AvgIpc) is 2.91. The molecule has 0 unspecified atom stereocenters. The smallest absolute Gasteiger partial charge is 0.302 e. The van der Waals surface area contributed by atoms with E-state index in [1.807, 2.05) is 4.57 Å². The van der Waals surface area contributed by atoms with Crippen molar-refractivity contribution in [2.45, 2.75) is 26.3 Å². The van der Waals surface area contributed by atoms with Crippen molar-refractivity contribution in [2.75, 3.05) is 18.9 Å². The van der Waals surface area contributed by atoms with E-state index < -0.39 is 0 Å². The maximum absolute atomic E-state index is 11.1. The van der Waals surface area contributed by atoms with Crippen LogP contribution in [0.5, 0.6) is 0 Å². The lowest BCUT2D eigenvalue weighted by Crippen LogP contribution is -2.44. The Bertz CT molecular complexity index is 774. The van der Waals surface area contributed by atoms with Gasteiger partial charge in [0, 0.05) is 31.7 Å². The monoisotopic (exact) mass is 333 g/mol. The number of carbonyl (C=O) groups is 2. The van der Waals surface area contributed by atoms with E-state index in [1.165, 1.54) is 20.2 Å². The van der Waals surface area contributed by atoms with Crippen LogP contribution in [0.1, 0.15) is 26.3 Å². The standard InChI is InChI=1S/C15H19N5O4/c1-8(21)23-4-10-3-12(11(10)5-24-9(2)22)20-7-19-13-14(16)17-6-18-15(13)20/h6-7,10-12H,3-5H2,1-2H3,(H2,16,17,18)/t10-,11-,12-/m1/s1. The molecule has 0 aliphatic heterocycles. The molecule has 2 heterocycles. The van der Waals surface area contributed by atoms with E-state index in [-0.39, 0.29) is 36.4 Å². The number of hydrogen-bond donors (Lipinski definition) is 1. The van der Waals surface area contributed by atoms with Gasteiger partial charge >= 0.3 is 11.9 Å². The van der Waals surface area contributed by atoms with Crippen LogP contribution in [0.4, 0.5) is 5.82 Å². The van der Waals surface area contributed by atoms with E-state index in [4.69, 9.17) is 15.2 Å². The maximum Gasteiger partial charge on any atom is 0.302 e. The molecule has 0 bridgehead atoms. The van der Waals surface area contributed by atoms with Gasteiger partial charge in [0.05, 0.1) is 19.5 Å². The largest absolute Gasteiger partial charge is 0.466 e. The second-order valence-electron chi connectivity index (χ2n) is 5.92. The summed E-state index contributed by atoms with van der Waals surface area (Å²) in [6, 6.07) is 0.0456. The summed E-state index contributed by atoms with van der Waals surface area (Å²) in [6.45, 7) is 3.31. The number of hydrogen-bond acceptors (Lipinski definition) is 8. The summed E-state index contributed by atoms with van der Waals surface area (Å²) in [5.41, 5.74) is 7.01. The number of aromatic nitrogens is 4. The number of imidazole rings is 1. The highest BCUT2D eigenvalue weighted by Gasteiger charge is 2.44. The minimum atomic E-state index is -0.339. The third kappa shape index (κ3) is 3.01. The summed E-state index contributed by atoms with van der Waals surface area (Å²) >= 11 is 0. The molecule has 9 heteroatoms. The molecule has 0 aromatic carbocycles. The topological polar surface area (TPSA) is 122 Å². The van der Waals surface area contributed by atoms with E-state index >= 15 is 0 Å². The van der Waals surface area contributed by atoms with Crippen molar-refractivity contribution < 1.29 is 19.1 Å². The highest BCUT2D eigenvalue weighted by molar-refractivity contribution is 5.81. The van der Waals surface area contributed by atoms with Crippen molar-refractivity contribution in [1.29, 1.82) is 0 Å². The van der Waals surface area contributed by atoms with Crippen molar-refractivity contribution in [1.82, 2.24) is 19.5 Å². The Balaban J connectivity index is 1.81. The fourth-order valence-electron chi connectivity index (χ4n) is 3.09. The first-order chi connectivity index (χ1) is 11.5. The van der Waals surface area contributed by atoms with Gasteiger partial charge in [-0.15, -0.1) is 0 Å². The highest BCUT2D eigenvalue weighted by Crippen LogP contribution is 2.45. The van der Waals surface area contributed by atoms with E-state index in [2.05, 4.69) is 15.0 Å². The molecule has 1 aliphatic rings. The van der Waals surface area contributed by atoms with Crippen molar-refractivity contribution in [2.24, 2.45) is 11.8 Å². The zero-order valence-electron chi connectivity index (χ0n) is 13.5. The number of ether oxygens (including phenoxy) is 2. The first kappa shape index (κ1) is 16.2. The Kier molecular flexibility index (Phi) is 4.32. The van der Waals surface area contributed by atoms with E-state index in [1.54, 1.807) is 6.33 Å². The number of anilines is 1. The Hall–Kier alpha value is -2.71. The van der Waals surface area contributed by atoms with Crippen molar-refractivity contribution in [3.05, 3.63) is 12.7 Å². The molecule has 3 atom stereocenters. The molecule has 0 amide bonds. The Labute approximate surface area is 138 Å². The van der Waals surface area contributed by atoms with Gasteiger partial charge in [0.1, 0.15) is 11.8 Å². The number of carbonyl (C=O) groups excluding carboxylic acids is 2. The number of esters is 2. The SMILES string of the molecule is CC(=O)OC[C@H]1C[C@@H](n2cnc3c(N)ncnc32)[C@@H]1COC(C)=O. The Morgan fingerprint density at radius 2 is 1.92 bits per heavy atom.